The minimum absolute atomic E-state index is 0.176. The van der Waals surface area contributed by atoms with Gasteiger partial charge in [-0.2, -0.15) is 0 Å². The van der Waals surface area contributed by atoms with E-state index in [-0.39, 0.29) is 5.41 Å². The van der Waals surface area contributed by atoms with Crippen LogP contribution < -0.4 is 0 Å². The van der Waals surface area contributed by atoms with E-state index in [1.54, 1.807) is 0 Å². The van der Waals surface area contributed by atoms with Crippen LogP contribution in [-0.4, -0.2) is 5.78 Å². The molecule has 0 aromatic heterocycles. The molecule has 1 aliphatic carbocycles. The molecule has 0 saturated heterocycles. The Labute approximate surface area is 100 Å². The summed E-state index contributed by atoms with van der Waals surface area (Å²) in [7, 11) is 0. The van der Waals surface area contributed by atoms with Crippen molar-refractivity contribution in [2.75, 3.05) is 0 Å². The van der Waals surface area contributed by atoms with Gasteiger partial charge in [-0.3, -0.25) is 4.79 Å². The van der Waals surface area contributed by atoms with E-state index in [1.165, 1.54) is 18.4 Å². The van der Waals surface area contributed by atoms with Crippen molar-refractivity contribution in [2.45, 2.75) is 66.7 Å². The molecule has 1 atom stereocenters. The predicted octanol–water partition coefficient (Wildman–Crippen LogP) is 4.52. The first-order chi connectivity index (χ1) is 7.37. The van der Waals surface area contributed by atoms with Gasteiger partial charge in [0.15, 0.2) is 5.78 Å². The third kappa shape index (κ3) is 3.20. The highest BCUT2D eigenvalue weighted by molar-refractivity contribution is 5.97. The van der Waals surface area contributed by atoms with Gasteiger partial charge in [0.25, 0.3) is 0 Å². The SMILES string of the molecule is CCCCC(C)C1=C(C)CC(C)(C)CC1=O. The Morgan fingerprint density at radius 1 is 1.31 bits per heavy atom. The molecule has 1 nitrogen and oxygen atoms in total. The largest absolute Gasteiger partial charge is 0.295 e. The van der Waals surface area contributed by atoms with Gasteiger partial charge in [-0.1, -0.05) is 46.1 Å². The molecule has 0 bridgehead atoms. The predicted molar refractivity (Wildman–Crippen MR) is 69.4 cm³/mol. The van der Waals surface area contributed by atoms with Crippen LogP contribution in [0.5, 0.6) is 0 Å². The summed E-state index contributed by atoms with van der Waals surface area (Å²) < 4.78 is 0. The van der Waals surface area contributed by atoms with Gasteiger partial charge < -0.3 is 0 Å². The number of unbranched alkanes of at least 4 members (excludes halogenated alkanes) is 1. The second kappa shape index (κ2) is 5.16. The summed E-state index contributed by atoms with van der Waals surface area (Å²) in [6.45, 7) is 11.0. The fraction of sp³-hybridized carbons (Fsp3) is 0.800. The molecule has 0 aromatic carbocycles. The summed E-state index contributed by atoms with van der Waals surface area (Å²) in [6, 6.07) is 0. The Bertz CT molecular complexity index is 297. The van der Waals surface area contributed by atoms with Crippen LogP contribution >= 0.6 is 0 Å². The third-order valence-corrected chi connectivity index (χ3v) is 3.63. The Balaban J connectivity index is 2.82. The molecular weight excluding hydrogens is 196 g/mol. The van der Waals surface area contributed by atoms with Crippen molar-refractivity contribution in [3.05, 3.63) is 11.1 Å². The molecule has 0 radical (unpaired) electrons. The molecule has 0 saturated carbocycles. The van der Waals surface area contributed by atoms with Gasteiger partial charge in [0.05, 0.1) is 0 Å². The lowest BCUT2D eigenvalue weighted by Crippen LogP contribution is -2.27. The molecule has 0 amide bonds. The first-order valence-corrected chi connectivity index (χ1v) is 6.60. The van der Waals surface area contributed by atoms with E-state index in [2.05, 4.69) is 34.6 Å². The normalized spacial score (nSPS) is 22.4. The molecular formula is C15H26O. The average molecular weight is 222 g/mol. The zero-order valence-electron chi connectivity index (χ0n) is 11.5. The van der Waals surface area contributed by atoms with Crippen LogP contribution in [0, 0.1) is 11.3 Å². The van der Waals surface area contributed by atoms with Crippen LogP contribution in [0.3, 0.4) is 0 Å². The maximum absolute atomic E-state index is 12.2. The Kier molecular flexibility index (Phi) is 4.35. The Hall–Kier alpha value is -0.590. The molecule has 1 unspecified atom stereocenters. The highest BCUT2D eigenvalue weighted by atomic mass is 16.1. The van der Waals surface area contributed by atoms with Crippen molar-refractivity contribution in [3.8, 4) is 0 Å². The Morgan fingerprint density at radius 3 is 2.44 bits per heavy atom. The van der Waals surface area contributed by atoms with Crippen molar-refractivity contribution >= 4 is 5.78 Å². The topological polar surface area (TPSA) is 17.1 Å². The minimum atomic E-state index is 0.176. The first kappa shape index (κ1) is 13.5. The van der Waals surface area contributed by atoms with E-state index in [0.717, 1.165) is 24.8 Å². The van der Waals surface area contributed by atoms with Crippen LogP contribution in [0.2, 0.25) is 0 Å². The number of carbonyl (C=O) groups excluding carboxylic acids is 1. The molecule has 0 heterocycles. The lowest BCUT2D eigenvalue weighted by molar-refractivity contribution is -0.118. The number of Topliss-reactive ketones (excluding diaryl/α,β-unsaturated/α-hetero) is 1. The van der Waals surface area contributed by atoms with E-state index in [0.29, 0.717) is 11.7 Å². The lowest BCUT2D eigenvalue weighted by Gasteiger charge is -2.33. The van der Waals surface area contributed by atoms with E-state index in [9.17, 15) is 4.79 Å². The maximum atomic E-state index is 12.2. The zero-order valence-corrected chi connectivity index (χ0v) is 11.5. The standard InChI is InChI=1S/C15H26O/c1-6-7-8-11(2)14-12(3)9-15(4,5)10-13(14)16/h11H,6-10H2,1-5H3. The number of carbonyl (C=O) groups is 1. The number of rotatable bonds is 4. The molecule has 0 fully saturated rings. The molecule has 1 heteroatoms. The molecule has 0 N–H and O–H groups in total. The number of ketones is 1. The van der Waals surface area contributed by atoms with Crippen molar-refractivity contribution in [1.29, 1.82) is 0 Å². The smallest absolute Gasteiger partial charge is 0.159 e. The molecule has 92 valence electrons. The molecule has 1 rings (SSSR count). The monoisotopic (exact) mass is 222 g/mol. The van der Waals surface area contributed by atoms with E-state index < -0.39 is 0 Å². The highest BCUT2D eigenvalue weighted by Gasteiger charge is 2.32. The summed E-state index contributed by atoms with van der Waals surface area (Å²) in [5, 5.41) is 0. The van der Waals surface area contributed by atoms with Gasteiger partial charge in [-0.25, -0.2) is 0 Å². The fourth-order valence-corrected chi connectivity index (χ4v) is 2.99. The summed E-state index contributed by atoms with van der Waals surface area (Å²) >= 11 is 0. The van der Waals surface area contributed by atoms with Crippen LogP contribution in [0.15, 0.2) is 11.1 Å². The first-order valence-electron chi connectivity index (χ1n) is 6.60. The van der Waals surface area contributed by atoms with Crippen molar-refractivity contribution < 1.29 is 4.79 Å². The second-order valence-corrected chi connectivity index (χ2v) is 6.18. The summed E-state index contributed by atoms with van der Waals surface area (Å²) in [5.41, 5.74) is 2.66. The van der Waals surface area contributed by atoms with Gasteiger partial charge in [0, 0.05) is 6.42 Å². The summed E-state index contributed by atoms with van der Waals surface area (Å²) in [6.07, 6.45) is 5.43. The molecule has 16 heavy (non-hydrogen) atoms. The molecule has 1 aliphatic rings. The van der Waals surface area contributed by atoms with Crippen molar-refractivity contribution in [2.24, 2.45) is 11.3 Å². The summed E-state index contributed by atoms with van der Waals surface area (Å²) in [4.78, 5) is 12.2. The molecule has 0 aromatic rings. The van der Waals surface area contributed by atoms with Crippen LogP contribution in [0.25, 0.3) is 0 Å². The number of hydrogen-bond acceptors (Lipinski definition) is 1. The van der Waals surface area contributed by atoms with Crippen molar-refractivity contribution in [1.82, 2.24) is 0 Å². The van der Waals surface area contributed by atoms with E-state index in [1.807, 2.05) is 0 Å². The quantitative estimate of drug-likeness (QED) is 0.683. The van der Waals surface area contributed by atoms with Crippen LogP contribution in [0.1, 0.15) is 66.7 Å². The molecule has 0 spiro atoms. The van der Waals surface area contributed by atoms with Gasteiger partial charge in [-0.15, -0.1) is 0 Å². The number of allylic oxidation sites excluding steroid dienone is 2. The Morgan fingerprint density at radius 2 is 1.94 bits per heavy atom. The van der Waals surface area contributed by atoms with Crippen LogP contribution in [-0.2, 0) is 4.79 Å². The third-order valence-electron chi connectivity index (χ3n) is 3.63. The van der Waals surface area contributed by atoms with Gasteiger partial charge >= 0.3 is 0 Å². The zero-order chi connectivity index (χ0) is 12.3. The van der Waals surface area contributed by atoms with E-state index >= 15 is 0 Å². The van der Waals surface area contributed by atoms with Crippen molar-refractivity contribution in [3.63, 3.8) is 0 Å². The number of hydrogen-bond donors (Lipinski definition) is 0. The van der Waals surface area contributed by atoms with Gasteiger partial charge in [-0.05, 0) is 36.7 Å². The minimum Gasteiger partial charge on any atom is -0.295 e. The lowest BCUT2D eigenvalue weighted by atomic mass is 9.71. The average Bonchev–Trinajstić information content (AvgIpc) is 2.11. The highest BCUT2D eigenvalue weighted by Crippen LogP contribution is 2.39. The summed E-state index contributed by atoms with van der Waals surface area (Å²) in [5.74, 6) is 0.862. The molecule has 0 aliphatic heterocycles. The van der Waals surface area contributed by atoms with Gasteiger partial charge in [0.2, 0.25) is 0 Å². The van der Waals surface area contributed by atoms with Crippen LogP contribution in [0.4, 0.5) is 0 Å². The fourth-order valence-electron chi connectivity index (χ4n) is 2.99. The van der Waals surface area contributed by atoms with Gasteiger partial charge in [0.1, 0.15) is 0 Å². The second-order valence-electron chi connectivity index (χ2n) is 6.18. The maximum Gasteiger partial charge on any atom is 0.159 e. The van der Waals surface area contributed by atoms with E-state index in [4.69, 9.17) is 0 Å².